The molecule has 0 aliphatic carbocycles. The quantitative estimate of drug-likeness (QED) is 0.759. The van der Waals surface area contributed by atoms with Gasteiger partial charge in [0.1, 0.15) is 0 Å². The molecule has 0 radical (unpaired) electrons. The maximum atomic E-state index is 6.11. The van der Waals surface area contributed by atoms with Gasteiger partial charge < -0.3 is 4.74 Å². The minimum Gasteiger partial charge on any atom is -0.356 e. The van der Waals surface area contributed by atoms with Crippen LogP contribution >= 0.6 is 11.6 Å². The molecule has 3 rings (SSSR count). The highest BCUT2D eigenvalue weighted by Crippen LogP contribution is 2.29. The Balaban J connectivity index is 2.08. The molecule has 1 aromatic carbocycles. The number of rotatable bonds is 1. The van der Waals surface area contributed by atoms with E-state index in [9.17, 15) is 0 Å². The van der Waals surface area contributed by atoms with Gasteiger partial charge in [-0.2, -0.15) is 5.10 Å². The molecule has 2 heterocycles. The molecule has 0 bridgehead atoms. The van der Waals surface area contributed by atoms with E-state index in [1.807, 2.05) is 28.9 Å². The van der Waals surface area contributed by atoms with Gasteiger partial charge in [0.2, 0.25) is 0 Å². The van der Waals surface area contributed by atoms with Crippen molar-refractivity contribution >= 4 is 22.5 Å². The zero-order chi connectivity index (χ0) is 11.0. The molecule has 0 saturated carbocycles. The van der Waals surface area contributed by atoms with E-state index in [1.165, 1.54) is 6.42 Å². The summed E-state index contributed by atoms with van der Waals surface area (Å²) in [5.41, 5.74) is 1.06. The SMILES string of the molecule is Clc1nn(C2CCCCO2)c2ccccc12. The van der Waals surface area contributed by atoms with Gasteiger partial charge in [0.05, 0.1) is 5.52 Å². The second-order valence-corrected chi connectivity index (χ2v) is 4.43. The summed E-state index contributed by atoms with van der Waals surface area (Å²) in [4.78, 5) is 0. The number of benzene rings is 1. The zero-order valence-electron chi connectivity index (χ0n) is 8.90. The van der Waals surface area contributed by atoms with Gasteiger partial charge in [-0.1, -0.05) is 23.7 Å². The van der Waals surface area contributed by atoms with Gasteiger partial charge in [0.25, 0.3) is 0 Å². The Kier molecular flexibility index (Phi) is 2.58. The Morgan fingerprint density at radius 2 is 2.19 bits per heavy atom. The van der Waals surface area contributed by atoms with Crippen molar-refractivity contribution < 1.29 is 4.74 Å². The van der Waals surface area contributed by atoms with Crippen molar-refractivity contribution in [1.82, 2.24) is 9.78 Å². The van der Waals surface area contributed by atoms with Gasteiger partial charge in [-0.3, -0.25) is 0 Å². The standard InChI is InChI=1S/C12H13ClN2O/c13-12-9-5-1-2-6-10(9)15(14-12)11-7-3-4-8-16-11/h1-2,5-6,11H,3-4,7-8H2. The topological polar surface area (TPSA) is 27.1 Å². The molecule has 1 aliphatic heterocycles. The summed E-state index contributed by atoms with van der Waals surface area (Å²) in [6.45, 7) is 0.816. The largest absolute Gasteiger partial charge is 0.356 e. The lowest BCUT2D eigenvalue weighted by molar-refractivity contribution is -0.0366. The number of hydrogen-bond donors (Lipinski definition) is 0. The molecular weight excluding hydrogens is 224 g/mol. The molecular formula is C12H13ClN2O. The number of fused-ring (bicyclic) bond motifs is 1. The number of ether oxygens (including phenoxy) is 1. The van der Waals surface area contributed by atoms with E-state index >= 15 is 0 Å². The molecule has 0 N–H and O–H groups in total. The van der Waals surface area contributed by atoms with Gasteiger partial charge >= 0.3 is 0 Å². The maximum Gasteiger partial charge on any atom is 0.159 e. The molecule has 2 aromatic rings. The fraction of sp³-hybridized carbons (Fsp3) is 0.417. The van der Waals surface area contributed by atoms with E-state index < -0.39 is 0 Å². The number of hydrogen-bond acceptors (Lipinski definition) is 2. The summed E-state index contributed by atoms with van der Waals surface area (Å²) in [5, 5.41) is 5.93. The molecule has 0 amide bonds. The third-order valence-corrected chi connectivity index (χ3v) is 3.28. The van der Waals surface area contributed by atoms with Crippen LogP contribution in [0.15, 0.2) is 24.3 Å². The van der Waals surface area contributed by atoms with Crippen molar-refractivity contribution in [2.24, 2.45) is 0 Å². The maximum absolute atomic E-state index is 6.11. The van der Waals surface area contributed by atoms with Crippen molar-refractivity contribution in [1.29, 1.82) is 0 Å². The highest BCUT2D eigenvalue weighted by atomic mass is 35.5. The van der Waals surface area contributed by atoms with Crippen LogP contribution in [0.4, 0.5) is 0 Å². The Morgan fingerprint density at radius 1 is 1.31 bits per heavy atom. The molecule has 1 unspecified atom stereocenters. The van der Waals surface area contributed by atoms with E-state index in [0.29, 0.717) is 5.15 Å². The summed E-state index contributed by atoms with van der Waals surface area (Å²) in [5.74, 6) is 0. The lowest BCUT2D eigenvalue weighted by Crippen LogP contribution is -2.18. The Hall–Kier alpha value is -1.06. The molecule has 1 aromatic heterocycles. The first-order chi connectivity index (χ1) is 7.86. The van der Waals surface area contributed by atoms with Crippen LogP contribution in [-0.4, -0.2) is 16.4 Å². The summed E-state index contributed by atoms with van der Waals surface area (Å²) in [6, 6.07) is 8.00. The predicted molar refractivity (Wildman–Crippen MR) is 63.6 cm³/mol. The van der Waals surface area contributed by atoms with Crippen molar-refractivity contribution in [3.05, 3.63) is 29.4 Å². The number of para-hydroxylation sites is 1. The Morgan fingerprint density at radius 3 is 3.00 bits per heavy atom. The van der Waals surface area contributed by atoms with E-state index in [4.69, 9.17) is 16.3 Å². The molecule has 4 heteroatoms. The first-order valence-electron chi connectivity index (χ1n) is 5.60. The van der Waals surface area contributed by atoms with Crippen molar-refractivity contribution in [3.63, 3.8) is 0 Å². The summed E-state index contributed by atoms with van der Waals surface area (Å²) in [6.07, 6.45) is 3.40. The molecule has 1 aliphatic rings. The normalized spacial score (nSPS) is 21.4. The molecule has 0 spiro atoms. The number of aromatic nitrogens is 2. The van der Waals surface area contributed by atoms with Crippen LogP contribution in [0.3, 0.4) is 0 Å². The third kappa shape index (κ3) is 1.60. The van der Waals surface area contributed by atoms with Crippen LogP contribution in [0.1, 0.15) is 25.5 Å². The van der Waals surface area contributed by atoms with Gasteiger partial charge in [-0.15, -0.1) is 0 Å². The van der Waals surface area contributed by atoms with Crippen LogP contribution in [0, 0.1) is 0 Å². The minimum absolute atomic E-state index is 0.0474. The fourth-order valence-corrected chi connectivity index (χ4v) is 2.43. The van der Waals surface area contributed by atoms with Crippen LogP contribution in [0.2, 0.25) is 5.15 Å². The predicted octanol–water partition coefficient (Wildman–Crippen LogP) is 3.39. The highest BCUT2D eigenvalue weighted by molar-refractivity contribution is 6.34. The first kappa shape index (κ1) is 10.1. The Labute approximate surface area is 99.0 Å². The zero-order valence-corrected chi connectivity index (χ0v) is 9.65. The van der Waals surface area contributed by atoms with Crippen molar-refractivity contribution in [2.75, 3.05) is 6.61 Å². The van der Waals surface area contributed by atoms with Crippen LogP contribution in [-0.2, 0) is 4.74 Å². The van der Waals surface area contributed by atoms with E-state index in [-0.39, 0.29) is 6.23 Å². The lowest BCUT2D eigenvalue weighted by atomic mass is 10.2. The average Bonchev–Trinajstić information content (AvgIpc) is 2.69. The number of nitrogens with zero attached hydrogens (tertiary/aromatic N) is 2. The van der Waals surface area contributed by atoms with Gasteiger partial charge in [0, 0.05) is 12.0 Å². The molecule has 84 valence electrons. The minimum atomic E-state index is 0.0474. The molecule has 1 atom stereocenters. The molecule has 1 fully saturated rings. The van der Waals surface area contributed by atoms with E-state index in [0.717, 1.165) is 30.4 Å². The van der Waals surface area contributed by atoms with Gasteiger partial charge in [-0.25, -0.2) is 4.68 Å². The summed E-state index contributed by atoms with van der Waals surface area (Å²) < 4.78 is 7.64. The van der Waals surface area contributed by atoms with E-state index in [2.05, 4.69) is 5.10 Å². The first-order valence-corrected chi connectivity index (χ1v) is 5.98. The average molecular weight is 237 g/mol. The molecule has 16 heavy (non-hydrogen) atoms. The highest BCUT2D eigenvalue weighted by Gasteiger charge is 2.19. The molecule has 3 nitrogen and oxygen atoms in total. The Bertz CT molecular complexity index is 503. The fourth-order valence-electron chi connectivity index (χ4n) is 2.19. The van der Waals surface area contributed by atoms with Gasteiger partial charge in [-0.05, 0) is 31.4 Å². The third-order valence-electron chi connectivity index (χ3n) is 3.00. The van der Waals surface area contributed by atoms with E-state index in [1.54, 1.807) is 0 Å². The van der Waals surface area contributed by atoms with Gasteiger partial charge in [0.15, 0.2) is 11.4 Å². The second-order valence-electron chi connectivity index (χ2n) is 4.07. The van der Waals surface area contributed by atoms with Crippen LogP contribution in [0.25, 0.3) is 10.9 Å². The van der Waals surface area contributed by atoms with Crippen LogP contribution < -0.4 is 0 Å². The number of halogens is 1. The van der Waals surface area contributed by atoms with Crippen molar-refractivity contribution in [2.45, 2.75) is 25.5 Å². The monoisotopic (exact) mass is 236 g/mol. The summed E-state index contributed by atoms with van der Waals surface area (Å²) >= 11 is 6.11. The van der Waals surface area contributed by atoms with Crippen LogP contribution in [0.5, 0.6) is 0 Å². The smallest absolute Gasteiger partial charge is 0.159 e. The second kappa shape index (κ2) is 4.07. The lowest BCUT2D eigenvalue weighted by Gasteiger charge is -2.23. The molecule has 1 saturated heterocycles. The summed E-state index contributed by atoms with van der Waals surface area (Å²) in [7, 11) is 0. The van der Waals surface area contributed by atoms with Crippen molar-refractivity contribution in [3.8, 4) is 0 Å².